The number of benzene rings is 2. The number of hydrogen-bond donors (Lipinski definition) is 1. The van der Waals surface area contributed by atoms with E-state index in [0.29, 0.717) is 18.7 Å². The van der Waals surface area contributed by atoms with Gasteiger partial charge in [0.15, 0.2) is 0 Å². The number of aryl methyl sites for hydroxylation is 1. The number of hydrogen-bond acceptors (Lipinski definition) is 3. The molecule has 0 bridgehead atoms. The Morgan fingerprint density at radius 3 is 2.28 bits per heavy atom. The van der Waals surface area contributed by atoms with Crippen LogP contribution in [0.15, 0.2) is 53.4 Å². The lowest BCUT2D eigenvalue weighted by Gasteiger charge is -2.16. The molecule has 25 heavy (non-hydrogen) atoms. The molecular formula is C19H22N2O3S. The van der Waals surface area contributed by atoms with Gasteiger partial charge in [-0.15, -0.1) is 0 Å². The molecule has 1 aliphatic heterocycles. The van der Waals surface area contributed by atoms with Crippen molar-refractivity contribution in [3.05, 3.63) is 54.1 Å². The molecule has 0 unspecified atom stereocenters. The molecule has 1 amide bonds. The second-order valence-corrected chi connectivity index (χ2v) is 7.88. The van der Waals surface area contributed by atoms with E-state index >= 15 is 0 Å². The first kappa shape index (κ1) is 17.5. The first-order valence-electron chi connectivity index (χ1n) is 8.52. The van der Waals surface area contributed by atoms with Crippen molar-refractivity contribution >= 4 is 27.3 Å². The zero-order valence-corrected chi connectivity index (χ0v) is 15.1. The van der Waals surface area contributed by atoms with Gasteiger partial charge in [-0.05, 0) is 54.8 Å². The summed E-state index contributed by atoms with van der Waals surface area (Å²) in [4.78, 5) is 13.6. The summed E-state index contributed by atoms with van der Waals surface area (Å²) in [5.41, 5.74) is 2.47. The molecule has 1 fully saturated rings. The summed E-state index contributed by atoms with van der Waals surface area (Å²) in [6.45, 7) is 2.79. The molecule has 0 atom stereocenters. The van der Waals surface area contributed by atoms with E-state index in [2.05, 4.69) is 11.6 Å². The number of sulfonamides is 1. The maximum Gasteiger partial charge on any atom is 0.261 e. The molecule has 1 aliphatic rings. The van der Waals surface area contributed by atoms with E-state index in [1.807, 2.05) is 12.1 Å². The number of carbonyl (C=O) groups is 1. The summed E-state index contributed by atoms with van der Waals surface area (Å²) in [6, 6.07) is 13.9. The highest BCUT2D eigenvalue weighted by Crippen LogP contribution is 2.24. The molecule has 1 N–H and O–H groups in total. The summed E-state index contributed by atoms with van der Waals surface area (Å²) in [5.74, 6) is 0.0842. The molecule has 132 valence electrons. The fraction of sp³-hybridized carbons (Fsp3) is 0.316. The molecule has 1 heterocycles. The molecule has 6 heteroatoms. The topological polar surface area (TPSA) is 66.5 Å². The van der Waals surface area contributed by atoms with Gasteiger partial charge in [0, 0.05) is 24.3 Å². The minimum absolute atomic E-state index is 0.0842. The largest absolute Gasteiger partial charge is 0.312 e. The van der Waals surface area contributed by atoms with E-state index in [4.69, 9.17) is 0 Å². The predicted octanol–water partition coefficient (Wildman–Crippen LogP) is 3.57. The average molecular weight is 358 g/mol. The highest BCUT2D eigenvalue weighted by Gasteiger charge is 2.22. The Balaban J connectivity index is 1.74. The van der Waals surface area contributed by atoms with Crippen LogP contribution in [0, 0.1) is 0 Å². The summed E-state index contributed by atoms with van der Waals surface area (Å²) in [7, 11) is -3.65. The van der Waals surface area contributed by atoms with E-state index in [0.717, 1.165) is 24.9 Å². The third-order valence-corrected chi connectivity index (χ3v) is 5.67. The molecule has 0 spiro atoms. The molecule has 0 aromatic heterocycles. The molecule has 0 aliphatic carbocycles. The molecular weight excluding hydrogens is 336 g/mol. The average Bonchev–Trinajstić information content (AvgIpc) is 3.03. The number of carbonyl (C=O) groups excluding carboxylic acids is 1. The van der Waals surface area contributed by atoms with Crippen molar-refractivity contribution in [3.63, 3.8) is 0 Å². The lowest BCUT2D eigenvalue weighted by molar-refractivity contribution is -0.117. The van der Waals surface area contributed by atoms with Gasteiger partial charge in [-0.2, -0.15) is 0 Å². The quantitative estimate of drug-likeness (QED) is 0.858. The maximum absolute atomic E-state index is 12.5. The van der Waals surface area contributed by atoms with Crippen molar-refractivity contribution < 1.29 is 13.2 Å². The van der Waals surface area contributed by atoms with Crippen molar-refractivity contribution in [2.24, 2.45) is 0 Å². The number of nitrogens with one attached hydrogen (secondary N) is 1. The van der Waals surface area contributed by atoms with Crippen LogP contribution in [0.3, 0.4) is 0 Å². The smallest absolute Gasteiger partial charge is 0.261 e. The van der Waals surface area contributed by atoms with E-state index < -0.39 is 10.0 Å². The lowest BCUT2D eigenvalue weighted by atomic mass is 10.1. The van der Waals surface area contributed by atoms with Crippen LogP contribution in [0.25, 0.3) is 0 Å². The summed E-state index contributed by atoms with van der Waals surface area (Å²) < 4.78 is 27.6. The van der Waals surface area contributed by atoms with E-state index in [1.54, 1.807) is 29.2 Å². The summed E-state index contributed by atoms with van der Waals surface area (Å²) in [5, 5.41) is 0. The monoisotopic (exact) mass is 358 g/mol. The Bertz CT molecular complexity index is 843. The minimum Gasteiger partial charge on any atom is -0.312 e. The molecule has 0 radical (unpaired) electrons. The minimum atomic E-state index is -3.65. The number of nitrogens with zero attached hydrogens (tertiary/aromatic N) is 1. The Morgan fingerprint density at radius 1 is 1.04 bits per heavy atom. The molecule has 0 saturated carbocycles. The third kappa shape index (κ3) is 4.02. The van der Waals surface area contributed by atoms with Gasteiger partial charge in [0.1, 0.15) is 0 Å². The van der Waals surface area contributed by atoms with Gasteiger partial charge < -0.3 is 4.90 Å². The van der Waals surface area contributed by atoms with Crippen molar-refractivity contribution in [2.45, 2.75) is 37.5 Å². The third-order valence-electron chi connectivity index (χ3n) is 4.28. The molecule has 1 saturated heterocycles. The van der Waals surface area contributed by atoms with Crippen LogP contribution < -0.4 is 9.62 Å². The van der Waals surface area contributed by atoms with Crippen LogP contribution in [0.4, 0.5) is 11.4 Å². The maximum atomic E-state index is 12.5. The van der Waals surface area contributed by atoms with Gasteiger partial charge in [-0.1, -0.05) is 25.5 Å². The second-order valence-electron chi connectivity index (χ2n) is 6.20. The van der Waals surface area contributed by atoms with Crippen LogP contribution in [0.5, 0.6) is 0 Å². The zero-order valence-electron chi connectivity index (χ0n) is 14.2. The lowest BCUT2D eigenvalue weighted by Crippen LogP contribution is -2.23. The number of rotatable bonds is 6. The van der Waals surface area contributed by atoms with Gasteiger partial charge >= 0.3 is 0 Å². The standard InChI is InChI=1S/C19H22N2O3S/c1-2-4-15-6-8-16(9-7-15)20-25(23,24)18-12-10-17(11-13-18)21-14-3-5-19(21)22/h6-13,20H,2-5,14H2,1H3. The van der Waals surface area contributed by atoms with Gasteiger partial charge in [-0.25, -0.2) is 8.42 Å². The molecule has 2 aromatic rings. The Hall–Kier alpha value is -2.34. The van der Waals surface area contributed by atoms with Gasteiger partial charge in [-0.3, -0.25) is 9.52 Å². The van der Waals surface area contributed by atoms with E-state index in [9.17, 15) is 13.2 Å². The zero-order chi connectivity index (χ0) is 17.9. The van der Waals surface area contributed by atoms with Crippen LogP contribution in [0.2, 0.25) is 0 Å². The molecule has 5 nitrogen and oxygen atoms in total. The fourth-order valence-electron chi connectivity index (χ4n) is 2.97. The first-order chi connectivity index (χ1) is 12.0. The molecule has 3 rings (SSSR count). The normalized spacial score (nSPS) is 14.8. The SMILES string of the molecule is CCCc1ccc(NS(=O)(=O)c2ccc(N3CCCC3=O)cc2)cc1. The van der Waals surface area contributed by atoms with Crippen molar-refractivity contribution in [3.8, 4) is 0 Å². The Kier molecular flexibility index (Phi) is 5.08. The van der Waals surface area contributed by atoms with Crippen molar-refractivity contribution in [2.75, 3.05) is 16.2 Å². The first-order valence-corrected chi connectivity index (χ1v) is 10.00. The number of amides is 1. The Morgan fingerprint density at radius 2 is 1.72 bits per heavy atom. The van der Waals surface area contributed by atoms with Crippen LogP contribution in [-0.2, 0) is 21.2 Å². The highest BCUT2D eigenvalue weighted by atomic mass is 32.2. The summed E-state index contributed by atoms with van der Waals surface area (Å²) >= 11 is 0. The number of anilines is 2. The predicted molar refractivity (Wildman–Crippen MR) is 99.3 cm³/mol. The van der Waals surface area contributed by atoms with Gasteiger partial charge in [0.25, 0.3) is 10.0 Å². The van der Waals surface area contributed by atoms with Crippen LogP contribution in [-0.4, -0.2) is 20.9 Å². The van der Waals surface area contributed by atoms with Crippen LogP contribution in [0.1, 0.15) is 31.7 Å². The second kappa shape index (κ2) is 7.27. The van der Waals surface area contributed by atoms with Crippen LogP contribution >= 0.6 is 0 Å². The van der Waals surface area contributed by atoms with Gasteiger partial charge in [0.05, 0.1) is 4.90 Å². The van der Waals surface area contributed by atoms with Crippen molar-refractivity contribution in [1.29, 1.82) is 0 Å². The molecule has 2 aromatic carbocycles. The Labute approximate surface area is 148 Å². The van der Waals surface area contributed by atoms with Gasteiger partial charge in [0.2, 0.25) is 5.91 Å². The highest BCUT2D eigenvalue weighted by molar-refractivity contribution is 7.92. The van der Waals surface area contributed by atoms with E-state index in [1.165, 1.54) is 17.7 Å². The van der Waals surface area contributed by atoms with E-state index in [-0.39, 0.29) is 10.8 Å². The fourth-order valence-corrected chi connectivity index (χ4v) is 4.03. The summed E-state index contributed by atoms with van der Waals surface area (Å²) in [6.07, 6.45) is 3.42. The van der Waals surface area contributed by atoms with Crippen molar-refractivity contribution in [1.82, 2.24) is 0 Å².